The third kappa shape index (κ3) is 1.36. The number of aromatic amines is 1. The van der Waals surface area contributed by atoms with Crippen molar-refractivity contribution >= 4 is 44.6 Å². The lowest BCUT2D eigenvalue weighted by Gasteiger charge is -2.01. The minimum Gasteiger partial charge on any atom is -0.321 e. The Hall–Kier alpha value is -1.32. The van der Waals surface area contributed by atoms with Gasteiger partial charge in [0.05, 0.1) is 5.39 Å². The second-order valence-electron chi connectivity index (χ2n) is 3.67. The van der Waals surface area contributed by atoms with Crippen molar-refractivity contribution in [1.82, 2.24) is 4.98 Å². The summed E-state index contributed by atoms with van der Waals surface area (Å²) in [5, 5.41) is 6.74. The molecule has 0 bridgehead atoms. The molecule has 2 aromatic heterocycles. The number of hydrogen-bond donors (Lipinski definition) is 1. The van der Waals surface area contributed by atoms with E-state index in [4.69, 9.17) is 11.6 Å². The van der Waals surface area contributed by atoms with Gasteiger partial charge in [-0.25, -0.2) is 0 Å². The van der Waals surface area contributed by atoms with Crippen LogP contribution in [-0.2, 0) is 5.88 Å². The van der Waals surface area contributed by atoms with Crippen LogP contribution in [-0.4, -0.2) is 4.98 Å². The molecule has 80 valence electrons. The molecule has 0 fully saturated rings. The highest BCUT2D eigenvalue weighted by atomic mass is 35.5. The molecule has 2 heterocycles. The van der Waals surface area contributed by atoms with Gasteiger partial charge in [0.2, 0.25) is 0 Å². The molecule has 3 aromatic rings. The zero-order valence-corrected chi connectivity index (χ0v) is 9.86. The van der Waals surface area contributed by atoms with Gasteiger partial charge in [0.15, 0.2) is 0 Å². The molecule has 3 rings (SSSR count). The first-order chi connectivity index (χ1) is 7.79. The van der Waals surface area contributed by atoms with Crippen LogP contribution in [0.4, 0.5) is 0 Å². The molecule has 4 heteroatoms. The predicted octanol–water partition coefficient (Wildman–Crippen LogP) is 3.48. The van der Waals surface area contributed by atoms with Crippen LogP contribution in [0.3, 0.4) is 0 Å². The lowest BCUT2D eigenvalue weighted by molar-refractivity contribution is 1.33. The Bertz CT molecular complexity index is 729. The number of alkyl halides is 1. The molecule has 1 aromatic carbocycles. The number of hydrogen-bond acceptors (Lipinski definition) is 2. The fourth-order valence-corrected chi connectivity index (χ4v) is 2.88. The minimum atomic E-state index is -0.0320. The Balaban J connectivity index is 2.53. The van der Waals surface area contributed by atoms with Gasteiger partial charge in [-0.1, -0.05) is 12.1 Å². The maximum atomic E-state index is 11.8. The number of H-pyrrole nitrogens is 1. The van der Waals surface area contributed by atoms with E-state index < -0.39 is 0 Å². The topological polar surface area (TPSA) is 32.9 Å². The predicted molar refractivity (Wildman–Crippen MR) is 69.5 cm³/mol. The van der Waals surface area contributed by atoms with Crippen molar-refractivity contribution in [2.24, 2.45) is 0 Å². The van der Waals surface area contributed by atoms with E-state index in [1.165, 1.54) is 0 Å². The van der Waals surface area contributed by atoms with E-state index >= 15 is 0 Å². The third-order valence-corrected chi connectivity index (χ3v) is 3.74. The van der Waals surface area contributed by atoms with Crippen LogP contribution in [0, 0.1) is 0 Å². The van der Waals surface area contributed by atoms with Crippen molar-refractivity contribution < 1.29 is 0 Å². The first kappa shape index (κ1) is 9.87. The lowest BCUT2D eigenvalue weighted by Crippen LogP contribution is -2.04. The maximum Gasteiger partial charge on any atom is 0.257 e. The molecule has 0 aliphatic rings. The number of thiophene rings is 1. The molecule has 0 saturated carbocycles. The second kappa shape index (κ2) is 3.61. The van der Waals surface area contributed by atoms with Crippen LogP contribution in [0.15, 0.2) is 33.8 Å². The lowest BCUT2D eigenvalue weighted by atomic mass is 10.1. The summed E-state index contributed by atoms with van der Waals surface area (Å²) in [6.07, 6.45) is 0. The average Bonchev–Trinajstić information content (AvgIpc) is 2.78. The molecular weight excluding hydrogens is 242 g/mol. The molecule has 16 heavy (non-hydrogen) atoms. The zero-order valence-electron chi connectivity index (χ0n) is 8.29. The molecule has 0 aliphatic heterocycles. The Labute approximate surface area is 100 Å². The zero-order chi connectivity index (χ0) is 11.1. The van der Waals surface area contributed by atoms with Crippen molar-refractivity contribution in [2.75, 3.05) is 0 Å². The molecule has 2 nitrogen and oxygen atoms in total. The molecule has 1 N–H and O–H groups in total. The summed E-state index contributed by atoms with van der Waals surface area (Å²) < 4.78 is 0. The summed E-state index contributed by atoms with van der Waals surface area (Å²) in [5.41, 5.74) is 1.84. The van der Waals surface area contributed by atoms with Gasteiger partial charge < -0.3 is 4.98 Å². The summed E-state index contributed by atoms with van der Waals surface area (Å²) in [4.78, 5) is 14.7. The number of benzene rings is 1. The smallest absolute Gasteiger partial charge is 0.257 e. The van der Waals surface area contributed by atoms with Crippen molar-refractivity contribution in [3.8, 4) is 0 Å². The first-order valence-corrected chi connectivity index (χ1v) is 6.34. The number of halogens is 1. The summed E-state index contributed by atoms with van der Waals surface area (Å²) in [5.74, 6) is 0.458. The highest BCUT2D eigenvalue weighted by molar-refractivity contribution is 7.09. The van der Waals surface area contributed by atoms with Crippen LogP contribution in [0.5, 0.6) is 0 Å². The normalized spacial score (nSPS) is 11.3. The van der Waals surface area contributed by atoms with Gasteiger partial charge in [-0.3, -0.25) is 4.79 Å². The standard InChI is InChI=1S/C12H8ClNOS/c13-4-7-1-2-8-9-5-16-6-10(9)12(15)14-11(8)3-7/h1-3,5-6H,4H2,(H,14,15). The summed E-state index contributed by atoms with van der Waals surface area (Å²) in [7, 11) is 0. The van der Waals surface area contributed by atoms with Crippen LogP contribution in [0.25, 0.3) is 21.7 Å². The number of nitrogens with one attached hydrogen (secondary N) is 1. The van der Waals surface area contributed by atoms with Gasteiger partial charge in [0, 0.05) is 27.5 Å². The Kier molecular flexibility index (Phi) is 2.23. The van der Waals surface area contributed by atoms with Crippen molar-refractivity contribution in [2.45, 2.75) is 5.88 Å². The Morgan fingerprint density at radius 3 is 2.81 bits per heavy atom. The average molecular weight is 250 g/mol. The quantitative estimate of drug-likeness (QED) is 0.658. The van der Waals surface area contributed by atoms with Gasteiger partial charge in [-0.05, 0) is 17.0 Å². The van der Waals surface area contributed by atoms with E-state index in [2.05, 4.69) is 4.98 Å². The molecule has 0 unspecified atom stereocenters. The van der Waals surface area contributed by atoms with Gasteiger partial charge in [0.25, 0.3) is 5.56 Å². The van der Waals surface area contributed by atoms with E-state index in [9.17, 15) is 4.79 Å². The van der Waals surface area contributed by atoms with Gasteiger partial charge >= 0.3 is 0 Å². The minimum absolute atomic E-state index is 0.0320. The third-order valence-electron chi connectivity index (χ3n) is 2.68. The number of rotatable bonds is 1. The largest absolute Gasteiger partial charge is 0.321 e. The Morgan fingerprint density at radius 2 is 2.00 bits per heavy atom. The van der Waals surface area contributed by atoms with Crippen LogP contribution >= 0.6 is 22.9 Å². The van der Waals surface area contributed by atoms with Crippen molar-refractivity contribution in [1.29, 1.82) is 0 Å². The summed E-state index contributed by atoms with van der Waals surface area (Å²) in [6.45, 7) is 0. The van der Waals surface area contributed by atoms with Crippen LogP contribution in [0.2, 0.25) is 0 Å². The fraction of sp³-hybridized carbons (Fsp3) is 0.0833. The molecule has 0 atom stereocenters. The first-order valence-electron chi connectivity index (χ1n) is 4.86. The van der Waals surface area contributed by atoms with Crippen LogP contribution in [0.1, 0.15) is 5.56 Å². The highest BCUT2D eigenvalue weighted by Gasteiger charge is 2.05. The van der Waals surface area contributed by atoms with E-state index in [0.29, 0.717) is 5.88 Å². The van der Waals surface area contributed by atoms with E-state index in [0.717, 1.165) is 27.2 Å². The number of pyridine rings is 1. The highest BCUT2D eigenvalue weighted by Crippen LogP contribution is 2.25. The van der Waals surface area contributed by atoms with E-state index in [1.54, 1.807) is 11.3 Å². The van der Waals surface area contributed by atoms with Crippen molar-refractivity contribution in [3.05, 3.63) is 44.9 Å². The fourth-order valence-electron chi connectivity index (χ4n) is 1.88. The monoisotopic (exact) mass is 249 g/mol. The van der Waals surface area contributed by atoms with Gasteiger partial charge in [-0.2, -0.15) is 11.3 Å². The molecule has 0 spiro atoms. The van der Waals surface area contributed by atoms with E-state index in [1.807, 2.05) is 29.0 Å². The van der Waals surface area contributed by atoms with Crippen LogP contribution < -0.4 is 5.56 Å². The second-order valence-corrected chi connectivity index (χ2v) is 4.68. The SMILES string of the molecule is O=c1[nH]c2cc(CCl)ccc2c2cscc12. The van der Waals surface area contributed by atoms with E-state index in [-0.39, 0.29) is 5.56 Å². The molecule has 0 saturated heterocycles. The molecule has 0 amide bonds. The molecule has 0 aliphatic carbocycles. The van der Waals surface area contributed by atoms with Gasteiger partial charge in [-0.15, -0.1) is 11.6 Å². The summed E-state index contributed by atoms with van der Waals surface area (Å²) >= 11 is 7.32. The Morgan fingerprint density at radius 1 is 1.19 bits per heavy atom. The number of fused-ring (bicyclic) bond motifs is 3. The molecular formula is C12H8ClNOS. The molecule has 0 radical (unpaired) electrons. The maximum absolute atomic E-state index is 11.8. The summed E-state index contributed by atoms with van der Waals surface area (Å²) in [6, 6.07) is 5.93. The van der Waals surface area contributed by atoms with Crippen molar-refractivity contribution in [3.63, 3.8) is 0 Å². The number of aromatic nitrogens is 1. The van der Waals surface area contributed by atoms with Gasteiger partial charge in [0.1, 0.15) is 0 Å².